The summed E-state index contributed by atoms with van der Waals surface area (Å²) in [6.45, 7) is 5.86. The van der Waals surface area contributed by atoms with E-state index in [1.807, 2.05) is 32.9 Å². The zero-order valence-corrected chi connectivity index (χ0v) is 12.8. The summed E-state index contributed by atoms with van der Waals surface area (Å²) in [5.41, 5.74) is 0.331. The van der Waals surface area contributed by atoms with Crippen molar-refractivity contribution >= 4 is 23.5 Å². The Morgan fingerprint density at radius 3 is 2.35 bits per heavy atom. The second-order valence-corrected chi connectivity index (χ2v) is 6.04. The van der Waals surface area contributed by atoms with Gasteiger partial charge in [-0.05, 0) is 32.4 Å². The largest absolute Gasteiger partial charge is 0.481 e. The number of carboxylic acids is 1. The third-order valence-corrected chi connectivity index (χ3v) is 3.33. The molecular weight excluding hydrogens is 278 g/mol. The van der Waals surface area contributed by atoms with Gasteiger partial charge in [0.1, 0.15) is 0 Å². The van der Waals surface area contributed by atoms with E-state index in [-0.39, 0.29) is 25.3 Å². The summed E-state index contributed by atoms with van der Waals surface area (Å²) < 4.78 is 0. The minimum absolute atomic E-state index is 0.0640. The van der Waals surface area contributed by atoms with E-state index in [2.05, 4.69) is 0 Å². The van der Waals surface area contributed by atoms with Gasteiger partial charge in [0.15, 0.2) is 0 Å². The first-order valence-electron chi connectivity index (χ1n) is 6.47. The minimum Gasteiger partial charge on any atom is -0.481 e. The van der Waals surface area contributed by atoms with Crippen LogP contribution in [-0.2, 0) is 16.0 Å². The highest BCUT2D eigenvalue weighted by Crippen LogP contribution is 2.20. The summed E-state index contributed by atoms with van der Waals surface area (Å²) in [6, 6.07) is 7.18. The van der Waals surface area contributed by atoms with E-state index in [1.54, 1.807) is 17.0 Å². The first kappa shape index (κ1) is 16.5. The number of hydrogen-bond acceptors (Lipinski definition) is 2. The van der Waals surface area contributed by atoms with E-state index in [9.17, 15) is 9.59 Å². The summed E-state index contributed by atoms with van der Waals surface area (Å²) in [4.78, 5) is 24.7. The highest BCUT2D eigenvalue weighted by molar-refractivity contribution is 6.31. The average Bonchev–Trinajstić information content (AvgIpc) is 2.30. The van der Waals surface area contributed by atoms with Gasteiger partial charge >= 0.3 is 5.97 Å². The Morgan fingerprint density at radius 1 is 1.25 bits per heavy atom. The van der Waals surface area contributed by atoms with Crippen molar-refractivity contribution in [2.45, 2.75) is 39.2 Å². The Hall–Kier alpha value is -1.55. The number of aliphatic carboxylic acids is 1. The average molecular weight is 298 g/mol. The molecular formula is C15H20ClNO3. The van der Waals surface area contributed by atoms with Gasteiger partial charge in [-0.1, -0.05) is 29.8 Å². The van der Waals surface area contributed by atoms with Gasteiger partial charge in [-0.3, -0.25) is 9.59 Å². The molecule has 1 aromatic carbocycles. The van der Waals surface area contributed by atoms with Crippen LogP contribution in [0, 0.1) is 0 Å². The third kappa shape index (κ3) is 4.85. The molecule has 1 N–H and O–H groups in total. The zero-order chi connectivity index (χ0) is 15.3. The van der Waals surface area contributed by atoms with Gasteiger partial charge in [0, 0.05) is 17.1 Å². The van der Waals surface area contributed by atoms with E-state index in [0.717, 1.165) is 5.56 Å². The highest BCUT2D eigenvalue weighted by atomic mass is 35.5. The lowest BCUT2D eigenvalue weighted by Gasteiger charge is -2.35. The van der Waals surface area contributed by atoms with E-state index in [1.165, 1.54) is 0 Å². The van der Waals surface area contributed by atoms with Crippen LogP contribution in [-0.4, -0.2) is 34.0 Å². The summed E-state index contributed by atoms with van der Waals surface area (Å²) in [6.07, 6.45) is 0.113. The summed E-state index contributed by atoms with van der Waals surface area (Å²) in [7, 11) is 0. The normalized spacial score (nSPS) is 11.2. The second-order valence-electron chi connectivity index (χ2n) is 5.63. The predicted molar refractivity (Wildman–Crippen MR) is 78.9 cm³/mol. The lowest BCUT2D eigenvalue weighted by molar-refractivity contribution is -0.140. The maximum Gasteiger partial charge on any atom is 0.305 e. The van der Waals surface area contributed by atoms with Crippen molar-refractivity contribution in [3.8, 4) is 0 Å². The third-order valence-electron chi connectivity index (χ3n) is 2.96. The molecule has 20 heavy (non-hydrogen) atoms. The Labute approximate surface area is 124 Å². The number of halogens is 1. The lowest BCUT2D eigenvalue weighted by atomic mass is 10.0. The van der Waals surface area contributed by atoms with Crippen LogP contribution in [0.5, 0.6) is 0 Å². The number of carbonyl (C=O) groups excluding carboxylic acids is 1. The predicted octanol–water partition coefficient (Wildman–Crippen LogP) is 2.98. The van der Waals surface area contributed by atoms with Crippen molar-refractivity contribution in [1.29, 1.82) is 0 Å². The van der Waals surface area contributed by atoms with Gasteiger partial charge in [-0.25, -0.2) is 0 Å². The van der Waals surface area contributed by atoms with E-state index < -0.39 is 11.5 Å². The lowest BCUT2D eigenvalue weighted by Crippen LogP contribution is -2.47. The van der Waals surface area contributed by atoms with E-state index >= 15 is 0 Å². The van der Waals surface area contributed by atoms with Crippen molar-refractivity contribution in [2.24, 2.45) is 0 Å². The van der Waals surface area contributed by atoms with Gasteiger partial charge in [0.05, 0.1) is 12.8 Å². The van der Waals surface area contributed by atoms with Crippen LogP contribution in [0.15, 0.2) is 24.3 Å². The molecule has 0 aromatic heterocycles. The topological polar surface area (TPSA) is 57.6 Å². The van der Waals surface area contributed by atoms with Crippen molar-refractivity contribution in [2.75, 3.05) is 6.54 Å². The minimum atomic E-state index is -0.912. The first-order chi connectivity index (χ1) is 9.21. The zero-order valence-electron chi connectivity index (χ0n) is 12.0. The molecule has 0 fully saturated rings. The number of hydrogen-bond donors (Lipinski definition) is 1. The fourth-order valence-corrected chi connectivity index (χ4v) is 2.14. The standard InChI is InChI=1S/C15H20ClNO3/c1-15(2,3)17(9-8-14(19)20)13(18)10-11-6-4-5-7-12(11)16/h4-7H,8-10H2,1-3H3,(H,19,20). The molecule has 1 rings (SSSR count). The molecule has 0 atom stereocenters. The second kappa shape index (κ2) is 6.75. The number of carbonyl (C=O) groups is 2. The number of carboxylic acid groups (broad SMARTS) is 1. The molecule has 0 bridgehead atoms. The highest BCUT2D eigenvalue weighted by Gasteiger charge is 2.27. The molecule has 0 unspecified atom stereocenters. The van der Waals surface area contributed by atoms with E-state index in [4.69, 9.17) is 16.7 Å². The molecule has 0 spiro atoms. The van der Waals surface area contributed by atoms with Crippen LogP contribution in [0.1, 0.15) is 32.8 Å². The van der Waals surface area contributed by atoms with Gasteiger partial charge in [0.2, 0.25) is 5.91 Å². The Kier molecular flexibility index (Phi) is 5.57. The van der Waals surface area contributed by atoms with Gasteiger partial charge in [0.25, 0.3) is 0 Å². The van der Waals surface area contributed by atoms with Crippen molar-refractivity contribution in [3.63, 3.8) is 0 Å². The van der Waals surface area contributed by atoms with Crippen molar-refractivity contribution < 1.29 is 14.7 Å². The Balaban J connectivity index is 2.83. The summed E-state index contributed by atoms with van der Waals surface area (Å²) >= 11 is 6.05. The first-order valence-corrected chi connectivity index (χ1v) is 6.85. The van der Waals surface area contributed by atoms with Crippen molar-refractivity contribution in [3.05, 3.63) is 34.9 Å². The molecule has 0 aliphatic carbocycles. The smallest absolute Gasteiger partial charge is 0.305 e. The van der Waals surface area contributed by atoms with Crippen LogP contribution >= 0.6 is 11.6 Å². The fourth-order valence-electron chi connectivity index (χ4n) is 1.94. The van der Waals surface area contributed by atoms with Gasteiger partial charge in [-0.2, -0.15) is 0 Å². The molecule has 0 saturated heterocycles. The van der Waals surface area contributed by atoms with Gasteiger partial charge in [-0.15, -0.1) is 0 Å². The molecule has 5 heteroatoms. The molecule has 0 aliphatic heterocycles. The van der Waals surface area contributed by atoms with Crippen LogP contribution < -0.4 is 0 Å². The fraction of sp³-hybridized carbons (Fsp3) is 0.467. The molecule has 0 aliphatic rings. The molecule has 0 radical (unpaired) electrons. The number of nitrogens with zero attached hydrogens (tertiary/aromatic N) is 1. The summed E-state index contributed by atoms with van der Waals surface area (Å²) in [5.74, 6) is -1.03. The van der Waals surface area contributed by atoms with Gasteiger partial charge < -0.3 is 10.0 Å². The maximum absolute atomic E-state index is 12.4. The molecule has 110 valence electrons. The molecule has 0 heterocycles. The number of benzene rings is 1. The maximum atomic E-state index is 12.4. The van der Waals surface area contributed by atoms with Crippen molar-refractivity contribution in [1.82, 2.24) is 4.90 Å². The molecule has 1 aromatic rings. The Bertz CT molecular complexity index is 494. The van der Waals surface area contributed by atoms with Crippen LogP contribution in [0.4, 0.5) is 0 Å². The Morgan fingerprint density at radius 2 is 1.85 bits per heavy atom. The number of rotatable bonds is 5. The van der Waals surface area contributed by atoms with Crippen LogP contribution in [0.25, 0.3) is 0 Å². The van der Waals surface area contributed by atoms with E-state index in [0.29, 0.717) is 5.02 Å². The van der Waals surface area contributed by atoms with Crippen LogP contribution in [0.2, 0.25) is 5.02 Å². The monoisotopic (exact) mass is 297 g/mol. The SMILES string of the molecule is CC(C)(C)N(CCC(=O)O)C(=O)Cc1ccccc1Cl. The van der Waals surface area contributed by atoms with Crippen LogP contribution in [0.3, 0.4) is 0 Å². The molecule has 0 saturated carbocycles. The molecule has 1 amide bonds. The molecule has 4 nitrogen and oxygen atoms in total. The summed E-state index contributed by atoms with van der Waals surface area (Å²) in [5, 5.41) is 9.33. The quantitative estimate of drug-likeness (QED) is 0.909. The number of amides is 1.